The number of carbonyl (C=O) groups is 2. The molecule has 1 unspecified atom stereocenters. The van der Waals surface area contributed by atoms with E-state index < -0.39 is 15.4 Å². The molecule has 2 fully saturated rings. The second-order valence-electron chi connectivity index (χ2n) is 12.6. The Morgan fingerprint density at radius 3 is 2.76 bits per heavy atom. The van der Waals surface area contributed by atoms with E-state index in [0.717, 1.165) is 33.5 Å². The summed E-state index contributed by atoms with van der Waals surface area (Å²) >= 11 is 0. The number of amides is 3. The van der Waals surface area contributed by atoms with E-state index in [9.17, 15) is 18.0 Å². The summed E-state index contributed by atoms with van der Waals surface area (Å²) in [6.45, 7) is 4.68. The number of rotatable bonds is 7. The predicted molar refractivity (Wildman–Crippen MR) is 165 cm³/mol. The Balaban J connectivity index is 1.15. The van der Waals surface area contributed by atoms with Gasteiger partial charge >= 0.3 is 6.03 Å². The van der Waals surface area contributed by atoms with Gasteiger partial charge < -0.3 is 20.1 Å². The van der Waals surface area contributed by atoms with E-state index in [-0.39, 0.29) is 35.3 Å². The molecule has 13 heteroatoms. The number of aromatic nitrogens is 4. The van der Waals surface area contributed by atoms with Crippen LogP contribution in [0.3, 0.4) is 0 Å². The third-order valence-electron chi connectivity index (χ3n) is 9.08. The van der Waals surface area contributed by atoms with E-state index in [2.05, 4.69) is 44.1 Å². The number of sulfone groups is 1. The highest BCUT2D eigenvalue weighted by Gasteiger charge is 2.47. The Kier molecular flexibility index (Phi) is 7.22. The van der Waals surface area contributed by atoms with Crippen LogP contribution in [-0.2, 0) is 34.1 Å². The summed E-state index contributed by atoms with van der Waals surface area (Å²) in [5, 5.41) is 14.3. The van der Waals surface area contributed by atoms with Crippen LogP contribution in [-0.4, -0.2) is 68.8 Å². The van der Waals surface area contributed by atoms with Crippen molar-refractivity contribution in [1.29, 1.82) is 0 Å². The molecule has 7 rings (SSSR count). The summed E-state index contributed by atoms with van der Waals surface area (Å²) in [5.74, 6) is 0.717. The zero-order chi connectivity index (χ0) is 31.3. The van der Waals surface area contributed by atoms with Gasteiger partial charge in [0.05, 0.1) is 34.6 Å². The number of fused-ring (bicyclic) bond motifs is 1. The Morgan fingerprint density at radius 1 is 1.16 bits per heavy atom. The van der Waals surface area contributed by atoms with Crippen molar-refractivity contribution in [2.24, 2.45) is 5.92 Å². The largest absolute Gasteiger partial charge is 0.352 e. The minimum Gasteiger partial charge on any atom is -0.352 e. The van der Waals surface area contributed by atoms with E-state index in [1.165, 1.54) is 0 Å². The van der Waals surface area contributed by atoms with Crippen molar-refractivity contribution in [3.05, 3.63) is 83.3 Å². The zero-order valence-electron chi connectivity index (χ0n) is 25.2. The zero-order valence-corrected chi connectivity index (χ0v) is 26.0. The molecule has 2 aromatic carbocycles. The quantitative estimate of drug-likeness (QED) is 0.316. The summed E-state index contributed by atoms with van der Waals surface area (Å²) in [6.07, 6.45) is 5.31. The fourth-order valence-corrected chi connectivity index (χ4v) is 8.66. The molecule has 0 spiro atoms. The minimum absolute atomic E-state index is 0.0600. The van der Waals surface area contributed by atoms with Crippen molar-refractivity contribution in [2.45, 2.75) is 57.7 Å². The number of nitrogens with one attached hydrogen (secondary N) is 2. The lowest BCUT2D eigenvalue weighted by molar-refractivity contribution is -0.122. The molecule has 3 aliphatic rings. The Hall–Kier alpha value is -4.52. The molecule has 4 heterocycles. The smallest absolute Gasteiger partial charge is 0.318 e. The van der Waals surface area contributed by atoms with Crippen LogP contribution in [0.25, 0.3) is 16.8 Å². The van der Waals surface area contributed by atoms with Crippen molar-refractivity contribution >= 4 is 21.8 Å². The first-order valence-electron chi connectivity index (χ1n) is 15.2. The second-order valence-corrected chi connectivity index (χ2v) is 14.8. The average Bonchev–Trinajstić information content (AvgIpc) is 3.28. The van der Waals surface area contributed by atoms with Crippen LogP contribution in [0.1, 0.15) is 54.1 Å². The number of hydrogen-bond acceptors (Lipinski definition) is 8. The summed E-state index contributed by atoms with van der Waals surface area (Å²) < 4.78 is 31.4. The van der Waals surface area contributed by atoms with Gasteiger partial charge in [-0.25, -0.2) is 17.9 Å². The van der Waals surface area contributed by atoms with Gasteiger partial charge in [-0.1, -0.05) is 29.4 Å². The van der Waals surface area contributed by atoms with Crippen LogP contribution in [0, 0.1) is 12.8 Å². The molecule has 4 aromatic rings. The fraction of sp³-hybridized carbons (Fsp3) is 0.406. The first-order valence-corrected chi connectivity index (χ1v) is 17.0. The van der Waals surface area contributed by atoms with Gasteiger partial charge in [-0.3, -0.25) is 4.79 Å². The highest BCUT2D eigenvalue weighted by atomic mass is 32.2. The van der Waals surface area contributed by atoms with Gasteiger partial charge in [-0.15, -0.1) is 0 Å². The monoisotopic (exact) mass is 629 g/mol. The number of hydrogen-bond donors (Lipinski definition) is 2. The minimum atomic E-state index is -3.17. The predicted octanol–water partition coefficient (Wildman–Crippen LogP) is 3.30. The van der Waals surface area contributed by atoms with E-state index >= 15 is 0 Å². The van der Waals surface area contributed by atoms with Gasteiger partial charge in [-0.2, -0.15) is 10.1 Å². The van der Waals surface area contributed by atoms with E-state index in [1.807, 2.05) is 35.1 Å². The Bertz CT molecular complexity index is 1890. The molecule has 0 bridgehead atoms. The number of carbonyl (C=O) groups excluding carboxylic acids is 2. The first-order chi connectivity index (χ1) is 21.6. The summed E-state index contributed by atoms with van der Waals surface area (Å²) in [4.78, 5) is 32.6. The molecule has 12 nitrogen and oxygen atoms in total. The van der Waals surface area contributed by atoms with Crippen LogP contribution in [0.15, 0.2) is 59.4 Å². The van der Waals surface area contributed by atoms with E-state index in [4.69, 9.17) is 4.52 Å². The summed E-state index contributed by atoms with van der Waals surface area (Å²) in [6, 6.07) is 13.9. The lowest BCUT2D eigenvalue weighted by atomic mass is 9.87. The highest BCUT2D eigenvalue weighted by molar-refractivity contribution is 7.91. The van der Waals surface area contributed by atoms with Gasteiger partial charge in [0.25, 0.3) is 0 Å². The van der Waals surface area contributed by atoms with Crippen LogP contribution in [0.5, 0.6) is 0 Å². The maximum atomic E-state index is 13.5. The third-order valence-corrected chi connectivity index (χ3v) is 11.0. The molecule has 3 amide bonds. The molecule has 2 N–H and O–H groups in total. The molecule has 45 heavy (non-hydrogen) atoms. The lowest BCUT2D eigenvalue weighted by Gasteiger charge is -2.35. The van der Waals surface area contributed by atoms with E-state index in [0.29, 0.717) is 50.6 Å². The highest BCUT2D eigenvalue weighted by Crippen LogP contribution is 2.47. The van der Waals surface area contributed by atoms with Crippen molar-refractivity contribution in [3.63, 3.8) is 0 Å². The van der Waals surface area contributed by atoms with Gasteiger partial charge in [0.15, 0.2) is 15.7 Å². The van der Waals surface area contributed by atoms with Crippen LogP contribution >= 0.6 is 0 Å². The number of aryl methyl sites for hydroxylation is 1. The maximum Gasteiger partial charge on any atom is 0.318 e. The first kappa shape index (κ1) is 29.2. The molecule has 2 aliphatic heterocycles. The van der Waals surface area contributed by atoms with E-state index in [1.54, 1.807) is 24.9 Å². The summed E-state index contributed by atoms with van der Waals surface area (Å²) in [5.41, 5.74) is 5.30. The molecule has 1 saturated heterocycles. The van der Waals surface area contributed by atoms with Crippen LogP contribution < -0.4 is 10.6 Å². The molecular weight excluding hydrogens is 594 g/mol. The fourth-order valence-electron chi connectivity index (χ4n) is 6.57. The lowest BCUT2D eigenvalue weighted by Crippen LogP contribution is -2.53. The topological polar surface area (TPSA) is 152 Å². The molecular formula is C32H35N7O5S. The number of nitrogens with zero attached hydrogens (tertiary/aromatic N) is 5. The molecule has 1 saturated carbocycles. The summed E-state index contributed by atoms with van der Waals surface area (Å²) in [7, 11) is -3.17. The molecule has 2 aromatic heterocycles. The molecule has 1 aliphatic carbocycles. The second kappa shape index (κ2) is 11.1. The number of urea groups is 1. The van der Waals surface area contributed by atoms with Crippen molar-refractivity contribution < 1.29 is 22.5 Å². The van der Waals surface area contributed by atoms with Crippen LogP contribution in [0.2, 0.25) is 0 Å². The van der Waals surface area contributed by atoms with Crippen molar-refractivity contribution in [2.75, 3.05) is 18.1 Å². The van der Waals surface area contributed by atoms with Gasteiger partial charge in [0, 0.05) is 32.0 Å². The van der Waals surface area contributed by atoms with Gasteiger partial charge in [0.2, 0.25) is 11.8 Å². The Morgan fingerprint density at radius 2 is 2.02 bits per heavy atom. The number of benzene rings is 2. The SMILES string of the molecule is Cc1noc([C@H]2C[C@@H]2C(=O)NCc2ccc(-c3cccc(-n4cccn4)c3)c3c2CN(C(=O)NC2(C)CCS(=O)(=O)C2)CC3)n1. The standard InChI is InChI=1S/C32H35N7O5S/c1-20-35-30(44-37-20)27-16-26(27)29(40)33-17-22-7-8-24(21-5-3-6-23(15-21)39-12-4-11-34-39)25-9-13-38(18-28(22)25)31(41)36-32(2)10-14-45(42,43)19-32/h3-8,11-12,15,26-27H,9-10,13-14,16-19H2,1-2H3,(H,33,40)(H,36,41)/t26-,27-,32?/m0/s1. The van der Waals surface area contributed by atoms with Gasteiger partial charge in [0.1, 0.15) is 0 Å². The Labute approximate surface area is 261 Å². The average molecular weight is 630 g/mol. The van der Waals surface area contributed by atoms with Crippen LogP contribution in [0.4, 0.5) is 4.79 Å². The van der Waals surface area contributed by atoms with Crippen molar-refractivity contribution in [3.8, 4) is 16.8 Å². The molecule has 3 atom stereocenters. The third kappa shape index (κ3) is 5.96. The molecule has 234 valence electrons. The normalized spacial score (nSPS) is 23.4. The van der Waals surface area contributed by atoms with Crippen molar-refractivity contribution in [1.82, 2.24) is 35.5 Å². The maximum absolute atomic E-state index is 13.5. The molecule has 0 radical (unpaired) electrons. The van der Waals surface area contributed by atoms with Gasteiger partial charge in [-0.05, 0) is 79.1 Å².